The van der Waals surface area contributed by atoms with Gasteiger partial charge in [-0.15, -0.1) is 0 Å². The SMILES string of the molecule is Oc1ccc2c(c1)O[C@H]1c3cc(O)c(O)cc3CO[C@H]1[C@H]2c1cc2c(cc1O)O[C@H](c1ccc(O)c(O)c1)[C@@H](O)C2. The lowest BCUT2D eigenvalue weighted by molar-refractivity contribution is -0.0714. The first-order valence-electron chi connectivity index (χ1n) is 13.1. The smallest absolute Gasteiger partial charge is 0.157 e. The molecule has 0 bridgehead atoms. The topological polar surface area (TPSA) is 169 Å². The van der Waals surface area contributed by atoms with Crippen LogP contribution in [0, 0.1) is 0 Å². The minimum absolute atomic E-state index is 0.0102. The molecule has 4 aromatic carbocycles. The average Bonchev–Trinajstić information content (AvgIpc) is 2.94. The van der Waals surface area contributed by atoms with E-state index in [1.165, 1.54) is 42.5 Å². The first-order valence-corrected chi connectivity index (χ1v) is 13.1. The number of benzene rings is 4. The van der Waals surface area contributed by atoms with Gasteiger partial charge < -0.3 is 50.0 Å². The third kappa shape index (κ3) is 4.02. The first-order chi connectivity index (χ1) is 19.7. The van der Waals surface area contributed by atoms with Crippen LogP contribution >= 0.6 is 0 Å². The number of aliphatic hydroxyl groups excluding tert-OH is 1. The molecule has 10 nitrogen and oxygen atoms in total. The Morgan fingerprint density at radius 2 is 1.34 bits per heavy atom. The maximum absolute atomic E-state index is 11.3. The molecule has 0 amide bonds. The van der Waals surface area contributed by atoms with Crippen molar-refractivity contribution in [3.63, 3.8) is 0 Å². The predicted molar refractivity (Wildman–Crippen MR) is 143 cm³/mol. The predicted octanol–water partition coefficient (Wildman–Crippen LogP) is 4.12. The van der Waals surface area contributed by atoms with Crippen molar-refractivity contribution in [2.75, 3.05) is 0 Å². The maximum Gasteiger partial charge on any atom is 0.157 e. The van der Waals surface area contributed by atoms with Gasteiger partial charge in [-0.1, -0.05) is 12.1 Å². The second-order valence-corrected chi connectivity index (χ2v) is 10.6. The summed E-state index contributed by atoms with van der Waals surface area (Å²) in [5, 5.41) is 72.4. The Balaban J connectivity index is 1.31. The van der Waals surface area contributed by atoms with Crippen molar-refractivity contribution in [3.8, 4) is 46.0 Å². The van der Waals surface area contributed by atoms with E-state index < -0.39 is 30.3 Å². The highest BCUT2D eigenvalue weighted by Crippen LogP contribution is 2.54. The van der Waals surface area contributed by atoms with Gasteiger partial charge >= 0.3 is 0 Å². The molecule has 0 unspecified atom stereocenters. The number of rotatable bonds is 2. The zero-order chi connectivity index (χ0) is 28.6. The summed E-state index contributed by atoms with van der Waals surface area (Å²) in [5.41, 5.74) is 3.53. The molecular weight excluding hydrogens is 532 g/mol. The van der Waals surface area contributed by atoms with Crippen LogP contribution in [0.4, 0.5) is 0 Å². The maximum atomic E-state index is 11.3. The molecule has 7 rings (SSSR count). The summed E-state index contributed by atoms with van der Waals surface area (Å²) in [7, 11) is 0. The lowest BCUT2D eigenvalue weighted by Gasteiger charge is -2.43. The van der Waals surface area contributed by atoms with Crippen molar-refractivity contribution in [2.45, 2.75) is 43.4 Å². The van der Waals surface area contributed by atoms with Crippen molar-refractivity contribution in [1.29, 1.82) is 0 Å². The molecule has 41 heavy (non-hydrogen) atoms. The van der Waals surface area contributed by atoms with Crippen LogP contribution in [0.15, 0.2) is 60.7 Å². The molecule has 4 aromatic rings. The Hall–Kier alpha value is -4.80. The second kappa shape index (κ2) is 9.12. The number of ether oxygens (including phenoxy) is 3. The van der Waals surface area contributed by atoms with Gasteiger partial charge in [-0.2, -0.15) is 0 Å². The summed E-state index contributed by atoms with van der Waals surface area (Å²) in [5.74, 6) is -1.12. The highest BCUT2D eigenvalue weighted by molar-refractivity contribution is 5.58. The third-order valence-corrected chi connectivity index (χ3v) is 8.09. The summed E-state index contributed by atoms with van der Waals surface area (Å²) in [6.45, 7) is 0.131. The van der Waals surface area contributed by atoms with Crippen LogP contribution in [0.2, 0.25) is 0 Å². The number of phenolic OH excluding ortho intramolecular Hbond substituents is 6. The molecule has 3 aliphatic heterocycles. The van der Waals surface area contributed by atoms with E-state index in [9.17, 15) is 35.7 Å². The summed E-state index contributed by atoms with van der Waals surface area (Å²) in [4.78, 5) is 0. The van der Waals surface area contributed by atoms with Crippen LogP contribution in [-0.2, 0) is 17.8 Å². The number of fused-ring (bicyclic) bond motifs is 5. The Labute approximate surface area is 233 Å². The Kier molecular flexibility index (Phi) is 5.60. The molecule has 3 heterocycles. The van der Waals surface area contributed by atoms with Gasteiger partial charge in [0, 0.05) is 41.2 Å². The van der Waals surface area contributed by atoms with Crippen molar-refractivity contribution < 1.29 is 50.0 Å². The van der Waals surface area contributed by atoms with Crippen molar-refractivity contribution in [1.82, 2.24) is 0 Å². The van der Waals surface area contributed by atoms with E-state index in [-0.39, 0.29) is 47.5 Å². The van der Waals surface area contributed by atoms with Crippen LogP contribution in [0.1, 0.15) is 51.5 Å². The zero-order valence-electron chi connectivity index (χ0n) is 21.4. The first kappa shape index (κ1) is 25.2. The number of hydrogen-bond donors (Lipinski definition) is 7. The van der Waals surface area contributed by atoms with E-state index in [1.807, 2.05) is 0 Å². The monoisotopic (exact) mass is 558 g/mol. The van der Waals surface area contributed by atoms with Crippen LogP contribution in [-0.4, -0.2) is 48.0 Å². The fourth-order valence-corrected chi connectivity index (χ4v) is 6.12. The summed E-state index contributed by atoms with van der Waals surface area (Å²) >= 11 is 0. The number of aromatic hydroxyl groups is 6. The van der Waals surface area contributed by atoms with Crippen molar-refractivity contribution >= 4 is 0 Å². The molecule has 210 valence electrons. The molecule has 0 saturated heterocycles. The van der Waals surface area contributed by atoms with Gasteiger partial charge in [-0.25, -0.2) is 0 Å². The Morgan fingerprint density at radius 1 is 0.585 bits per heavy atom. The van der Waals surface area contributed by atoms with Gasteiger partial charge in [0.2, 0.25) is 0 Å². The molecule has 0 saturated carbocycles. The van der Waals surface area contributed by atoms with E-state index in [4.69, 9.17) is 14.2 Å². The van der Waals surface area contributed by atoms with Gasteiger partial charge in [0.15, 0.2) is 29.1 Å². The van der Waals surface area contributed by atoms with Crippen molar-refractivity contribution in [2.24, 2.45) is 0 Å². The molecular formula is C31H26O10. The van der Waals surface area contributed by atoms with Gasteiger partial charge in [0.1, 0.15) is 35.2 Å². The minimum atomic E-state index is -0.982. The zero-order valence-corrected chi connectivity index (χ0v) is 21.4. The quantitative estimate of drug-likeness (QED) is 0.178. The molecule has 3 aliphatic rings. The van der Waals surface area contributed by atoms with E-state index in [1.54, 1.807) is 18.2 Å². The molecule has 10 heteroatoms. The average molecular weight is 559 g/mol. The largest absolute Gasteiger partial charge is 0.508 e. The summed E-state index contributed by atoms with van der Waals surface area (Å²) < 4.78 is 18.6. The summed E-state index contributed by atoms with van der Waals surface area (Å²) in [6.07, 6.45) is -3.00. The van der Waals surface area contributed by atoms with Gasteiger partial charge in [-0.3, -0.25) is 0 Å². The second-order valence-electron chi connectivity index (χ2n) is 10.6. The fraction of sp³-hybridized carbons (Fsp3) is 0.226. The van der Waals surface area contributed by atoms with Crippen LogP contribution in [0.25, 0.3) is 0 Å². The number of aliphatic hydroxyl groups is 1. The lowest BCUT2D eigenvalue weighted by atomic mass is 9.77. The molecule has 0 fully saturated rings. The van der Waals surface area contributed by atoms with E-state index >= 15 is 0 Å². The van der Waals surface area contributed by atoms with Crippen molar-refractivity contribution in [3.05, 3.63) is 94.0 Å². The minimum Gasteiger partial charge on any atom is -0.508 e. The molecule has 0 radical (unpaired) electrons. The van der Waals surface area contributed by atoms with Crippen LogP contribution in [0.3, 0.4) is 0 Å². The molecule has 0 aliphatic carbocycles. The third-order valence-electron chi connectivity index (χ3n) is 8.09. The summed E-state index contributed by atoms with van der Waals surface area (Å²) in [6, 6.07) is 15.0. The van der Waals surface area contributed by atoms with Gasteiger partial charge in [-0.05, 0) is 53.1 Å². The van der Waals surface area contributed by atoms with Crippen LogP contribution < -0.4 is 9.47 Å². The highest BCUT2D eigenvalue weighted by Gasteiger charge is 2.46. The number of hydrogen-bond acceptors (Lipinski definition) is 10. The molecule has 7 N–H and O–H groups in total. The molecule has 5 atom stereocenters. The number of phenols is 6. The van der Waals surface area contributed by atoms with Crippen LogP contribution in [0.5, 0.6) is 46.0 Å². The van der Waals surface area contributed by atoms with E-state index in [0.717, 1.165) is 0 Å². The normalized spacial score (nSPS) is 24.2. The molecule has 0 aromatic heterocycles. The Morgan fingerprint density at radius 3 is 2.15 bits per heavy atom. The van der Waals surface area contributed by atoms with E-state index in [0.29, 0.717) is 44.9 Å². The highest BCUT2D eigenvalue weighted by atomic mass is 16.5. The fourth-order valence-electron chi connectivity index (χ4n) is 6.12. The lowest BCUT2D eigenvalue weighted by Crippen LogP contribution is -2.40. The standard InChI is InChI=1S/C31H26O10/c32-16-2-3-17-27(9-16)41-30-18-10-24(37)23(36)8-15(18)12-39-31(30)28(17)19-5-14-7-25(38)29(40-26(14)11-21(19)34)13-1-4-20(33)22(35)6-13/h1-6,8-11,25,28-38H,7,12H2/t25-,28+,29+,30-,31-/m0/s1. The van der Waals surface area contributed by atoms with Gasteiger partial charge in [0.25, 0.3) is 0 Å². The Bertz CT molecular complexity index is 1700. The molecule has 0 spiro atoms. The van der Waals surface area contributed by atoms with Gasteiger partial charge in [0.05, 0.1) is 12.7 Å². The van der Waals surface area contributed by atoms with E-state index in [2.05, 4.69) is 0 Å².